The largest absolute Gasteiger partial charge is 0.496 e. The van der Waals surface area contributed by atoms with Crippen molar-refractivity contribution in [1.82, 2.24) is 20.4 Å². The minimum Gasteiger partial charge on any atom is -0.496 e. The summed E-state index contributed by atoms with van der Waals surface area (Å²) in [5, 5.41) is 6.50. The lowest BCUT2D eigenvalue weighted by Crippen LogP contribution is -2.41. The minimum atomic E-state index is -1.26. The molecule has 1 saturated heterocycles. The van der Waals surface area contributed by atoms with Gasteiger partial charge in [-0.1, -0.05) is 47.6 Å². The maximum absolute atomic E-state index is 12.9. The van der Waals surface area contributed by atoms with Gasteiger partial charge in [-0.05, 0) is 24.6 Å². The molecule has 4 rings (SSSR count). The van der Waals surface area contributed by atoms with E-state index < -0.39 is 30.0 Å². The fourth-order valence-electron chi connectivity index (χ4n) is 3.38. The summed E-state index contributed by atoms with van der Waals surface area (Å²) in [5.74, 6) is -0.423. The van der Waals surface area contributed by atoms with Crippen LogP contribution in [0.3, 0.4) is 0 Å². The molecule has 3 amide bonds. The Morgan fingerprint density at radius 3 is 2.59 bits per heavy atom. The molecule has 1 atom stereocenters. The predicted molar refractivity (Wildman–Crippen MR) is 110 cm³/mol. The van der Waals surface area contributed by atoms with Crippen molar-refractivity contribution in [3.8, 4) is 17.1 Å². The maximum Gasteiger partial charge on any atom is 0.326 e. The van der Waals surface area contributed by atoms with E-state index >= 15 is 0 Å². The van der Waals surface area contributed by atoms with Gasteiger partial charge in [0, 0.05) is 0 Å². The number of imide groups is 1. The molecule has 0 radical (unpaired) electrons. The Hall–Kier alpha value is -4.21. The van der Waals surface area contributed by atoms with Gasteiger partial charge >= 0.3 is 12.0 Å². The Labute approximate surface area is 183 Å². The number of ether oxygens (including phenoxy) is 2. The van der Waals surface area contributed by atoms with Gasteiger partial charge in [-0.2, -0.15) is 4.98 Å². The molecule has 2 aromatic carbocycles. The molecule has 1 aliphatic heterocycles. The summed E-state index contributed by atoms with van der Waals surface area (Å²) in [6.45, 7) is 0.743. The van der Waals surface area contributed by atoms with E-state index in [1.54, 1.807) is 55.5 Å². The second kappa shape index (κ2) is 8.50. The number of hydrogen-bond donors (Lipinski definition) is 1. The van der Waals surface area contributed by atoms with Crippen LogP contribution in [-0.2, 0) is 26.5 Å². The van der Waals surface area contributed by atoms with E-state index in [0.717, 1.165) is 4.90 Å². The van der Waals surface area contributed by atoms with Crippen molar-refractivity contribution < 1.29 is 28.4 Å². The second-order valence-electron chi connectivity index (χ2n) is 7.19. The summed E-state index contributed by atoms with van der Waals surface area (Å²) in [5.41, 5.74) is -0.0193. The summed E-state index contributed by atoms with van der Waals surface area (Å²) in [7, 11) is 1.53. The Morgan fingerprint density at radius 1 is 1.12 bits per heavy atom. The van der Waals surface area contributed by atoms with E-state index in [0.29, 0.717) is 16.9 Å². The fraction of sp³-hybridized carbons (Fsp3) is 0.227. The third-order valence-corrected chi connectivity index (χ3v) is 5.09. The van der Waals surface area contributed by atoms with Gasteiger partial charge in [0.25, 0.3) is 11.8 Å². The lowest BCUT2D eigenvalue weighted by atomic mass is 9.92. The zero-order valence-corrected chi connectivity index (χ0v) is 17.4. The van der Waals surface area contributed by atoms with Gasteiger partial charge in [-0.15, -0.1) is 0 Å². The Morgan fingerprint density at radius 2 is 1.84 bits per heavy atom. The lowest BCUT2D eigenvalue weighted by molar-refractivity contribution is -0.149. The van der Waals surface area contributed by atoms with Crippen LogP contribution in [-0.4, -0.2) is 46.6 Å². The zero-order chi connectivity index (χ0) is 22.7. The molecular weight excluding hydrogens is 416 g/mol. The van der Waals surface area contributed by atoms with E-state index in [9.17, 15) is 14.4 Å². The first-order chi connectivity index (χ1) is 15.4. The number of nitrogens with zero attached hydrogens (tertiary/aromatic N) is 3. The Bertz CT molecular complexity index is 1160. The molecule has 2 heterocycles. The standard InChI is InChI=1S/C22H20N4O6/c1-22(14-8-4-3-5-9-14)20(28)26(21(29)24-22)12-18(27)31-13-17-23-19(25-32-17)15-10-6-7-11-16(15)30-2/h3-11H,12-13H2,1-2H3,(H,24,29). The lowest BCUT2D eigenvalue weighted by Gasteiger charge is -2.21. The summed E-state index contributed by atoms with van der Waals surface area (Å²) in [4.78, 5) is 42.5. The number of carbonyl (C=O) groups is 3. The van der Waals surface area contributed by atoms with Gasteiger partial charge in [-0.25, -0.2) is 4.79 Å². The van der Waals surface area contributed by atoms with Crippen LogP contribution >= 0.6 is 0 Å². The Balaban J connectivity index is 1.38. The number of aromatic nitrogens is 2. The van der Waals surface area contributed by atoms with Crippen molar-refractivity contribution in [1.29, 1.82) is 0 Å². The third kappa shape index (κ3) is 3.89. The first kappa shape index (κ1) is 21.0. The smallest absolute Gasteiger partial charge is 0.326 e. The average molecular weight is 436 g/mol. The topological polar surface area (TPSA) is 124 Å². The number of benzene rings is 2. The van der Waals surface area contributed by atoms with E-state index in [1.165, 1.54) is 7.11 Å². The third-order valence-electron chi connectivity index (χ3n) is 5.09. The molecule has 1 N–H and O–H groups in total. The fourth-order valence-corrected chi connectivity index (χ4v) is 3.38. The van der Waals surface area contributed by atoms with Crippen LogP contribution in [0, 0.1) is 0 Å². The van der Waals surface area contributed by atoms with Crippen LogP contribution in [0.5, 0.6) is 5.75 Å². The zero-order valence-electron chi connectivity index (χ0n) is 17.4. The Kier molecular flexibility index (Phi) is 5.59. The van der Waals surface area contributed by atoms with Crippen molar-refractivity contribution in [2.45, 2.75) is 19.1 Å². The number of rotatable bonds is 7. The van der Waals surface area contributed by atoms with Crippen LogP contribution in [0.2, 0.25) is 0 Å². The molecule has 10 heteroatoms. The average Bonchev–Trinajstić information content (AvgIpc) is 3.37. The number of nitrogens with one attached hydrogen (secondary N) is 1. The van der Waals surface area contributed by atoms with Crippen molar-refractivity contribution in [3.05, 3.63) is 66.1 Å². The molecule has 164 valence electrons. The van der Waals surface area contributed by atoms with E-state index in [-0.39, 0.29) is 18.3 Å². The van der Waals surface area contributed by atoms with Crippen LogP contribution in [0.4, 0.5) is 4.79 Å². The molecule has 0 aliphatic carbocycles. The minimum absolute atomic E-state index is 0.0607. The van der Waals surface area contributed by atoms with Gasteiger partial charge in [0.15, 0.2) is 6.61 Å². The summed E-state index contributed by atoms with van der Waals surface area (Å²) < 4.78 is 15.5. The SMILES string of the molecule is COc1ccccc1-c1noc(COC(=O)CN2C(=O)NC(C)(c3ccccc3)C2=O)n1. The first-order valence-electron chi connectivity index (χ1n) is 9.73. The molecule has 1 aliphatic rings. The second-order valence-corrected chi connectivity index (χ2v) is 7.19. The van der Waals surface area contributed by atoms with Crippen LogP contribution in [0.25, 0.3) is 11.4 Å². The van der Waals surface area contributed by atoms with Gasteiger partial charge in [0.2, 0.25) is 5.82 Å². The predicted octanol–water partition coefficient (Wildman–Crippen LogP) is 2.26. The molecule has 1 aromatic heterocycles. The molecule has 1 fully saturated rings. The maximum atomic E-state index is 12.9. The van der Waals surface area contributed by atoms with Crippen LogP contribution in [0.1, 0.15) is 18.4 Å². The number of carbonyl (C=O) groups excluding carboxylic acids is 3. The normalized spacial score (nSPS) is 17.9. The highest BCUT2D eigenvalue weighted by molar-refractivity contribution is 6.08. The van der Waals surface area contributed by atoms with Crippen LogP contribution < -0.4 is 10.1 Å². The summed E-state index contributed by atoms with van der Waals surface area (Å²) in [6, 6.07) is 15.3. The number of hydrogen-bond acceptors (Lipinski definition) is 8. The van der Waals surface area contributed by atoms with Gasteiger partial charge in [-0.3, -0.25) is 14.5 Å². The van der Waals surface area contributed by atoms with Crippen molar-refractivity contribution in [2.24, 2.45) is 0 Å². The number of urea groups is 1. The van der Waals surface area contributed by atoms with Crippen molar-refractivity contribution in [2.75, 3.05) is 13.7 Å². The molecule has 10 nitrogen and oxygen atoms in total. The molecule has 0 bridgehead atoms. The molecule has 1 unspecified atom stereocenters. The number of esters is 1. The van der Waals surface area contributed by atoms with Gasteiger partial charge in [0.05, 0.1) is 12.7 Å². The highest BCUT2D eigenvalue weighted by Crippen LogP contribution is 2.29. The van der Waals surface area contributed by atoms with E-state index in [2.05, 4.69) is 15.5 Å². The molecule has 3 aromatic rings. The highest BCUT2D eigenvalue weighted by atomic mass is 16.6. The van der Waals surface area contributed by atoms with Gasteiger partial charge in [0.1, 0.15) is 17.8 Å². The molecular formula is C22H20N4O6. The monoisotopic (exact) mass is 436 g/mol. The van der Waals surface area contributed by atoms with E-state index in [4.69, 9.17) is 14.0 Å². The molecule has 32 heavy (non-hydrogen) atoms. The molecule has 0 spiro atoms. The first-order valence-corrected chi connectivity index (χ1v) is 9.73. The van der Waals surface area contributed by atoms with Crippen molar-refractivity contribution >= 4 is 17.9 Å². The van der Waals surface area contributed by atoms with Crippen LogP contribution in [0.15, 0.2) is 59.1 Å². The molecule has 0 saturated carbocycles. The van der Waals surface area contributed by atoms with Crippen molar-refractivity contribution in [3.63, 3.8) is 0 Å². The number of methoxy groups -OCH3 is 1. The van der Waals surface area contributed by atoms with Gasteiger partial charge < -0.3 is 19.3 Å². The quantitative estimate of drug-likeness (QED) is 0.442. The number of amides is 3. The van der Waals surface area contributed by atoms with E-state index in [1.807, 2.05) is 6.07 Å². The highest BCUT2D eigenvalue weighted by Gasteiger charge is 2.49. The summed E-state index contributed by atoms with van der Waals surface area (Å²) in [6.07, 6.45) is 0. The number of para-hydroxylation sites is 1. The summed E-state index contributed by atoms with van der Waals surface area (Å²) >= 11 is 0.